The molecule has 4 aliphatic rings. The summed E-state index contributed by atoms with van der Waals surface area (Å²) in [6, 6.07) is 102. The van der Waals surface area contributed by atoms with Crippen molar-refractivity contribution < 1.29 is 0 Å². The number of anilines is 5. The summed E-state index contributed by atoms with van der Waals surface area (Å²) in [4.78, 5) is 8.00. The Balaban J connectivity index is 1.04. The number of nitrogens with zero attached hydrogens (tertiary/aromatic N) is 4. The van der Waals surface area contributed by atoms with Crippen molar-refractivity contribution in [3.63, 3.8) is 0 Å². The van der Waals surface area contributed by atoms with Gasteiger partial charge in [0.2, 0.25) is 0 Å². The average molecular weight is 1030 g/mol. The quantitative estimate of drug-likeness (QED) is 0.127. The van der Waals surface area contributed by atoms with Gasteiger partial charge in [0.05, 0.1) is 17.1 Å². The fourth-order valence-electron chi connectivity index (χ4n) is 14.4. The van der Waals surface area contributed by atoms with E-state index in [1.165, 1.54) is 88.9 Å². The third-order valence-corrected chi connectivity index (χ3v) is 17.8. The molecule has 0 saturated heterocycles. The lowest BCUT2D eigenvalue weighted by Gasteiger charge is -2.53. The molecule has 0 spiro atoms. The van der Waals surface area contributed by atoms with Crippen molar-refractivity contribution >= 4 is 50.2 Å². The first kappa shape index (κ1) is 46.2. The van der Waals surface area contributed by atoms with E-state index in [4.69, 9.17) is 0 Å². The highest BCUT2D eigenvalue weighted by Gasteiger charge is 2.59. The van der Waals surface area contributed by atoms with Gasteiger partial charge in [-0.25, -0.2) is 0 Å². The molecule has 2 atom stereocenters. The lowest BCUT2D eigenvalue weighted by Crippen LogP contribution is -2.57. The van der Waals surface area contributed by atoms with Gasteiger partial charge in [0.15, 0.2) is 5.66 Å². The number of allylic oxidation sites excluding steroid dienone is 1. The maximum absolute atomic E-state index is 2.72. The van der Waals surface area contributed by atoms with Crippen LogP contribution in [0.1, 0.15) is 47.6 Å². The molecular weight excluding hydrogens is 969 g/mol. The zero-order valence-electron chi connectivity index (χ0n) is 44.7. The van der Waals surface area contributed by atoms with Crippen molar-refractivity contribution in [3.8, 4) is 39.1 Å². The van der Waals surface area contributed by atoms with E-state index in [9.17, 15) is 0 Å². The maximum atomic E-state index is 2.72. The van der Waals surface area contributed by atoms with Crippen LogP contribution in [0.4, 0.5) is 28.4 Å². The summed E-state index contributed by atoms with van der Waals surface area (Å²) in [6.07, 6.45) is 7.51. The number of hydrogen-bond acceptors (Lipinski definition) is 3. The Morgan fingerprint density at radius 1 is 0.388 bits per heavy atom. The van der Waals surface area contributed by atoms with Gasteiger partial charge in [-0.2, -0.15) is 0 Å². The third-order valence-electron chi connectivity index (χ3n) is 17.8. The minimum absolute atomic E-state index is 0.0145. The number of rotatable bonds is 10. The van der Waals surface area contributed by atoms with Gasteiger partial charge in [-0.3, -0.25) is 0 Å². The summed E-state index contributed by atoms with van der Waals surface area (Å²) in [7, 11) is 0. The highest BCUT2D eigenvalue weighted by molar-refractivity contribution is 6.10. The number of hydrogen-bond donors (Lipinski definition) is 0. The largest absolute Gasteiger partial charge is 0.333 e. The molecule has 3 aliphatic carbocycles. The Hall–Kier alpha value is -9.90. The van der Waals surface area contributed by atoms with Gasteiger partial charge in [-0.05, 0) is 135 Å². The number of aromatic nitrogens is 1. The Bertz CT molecular complexity index is 4390. The Labute approximate surface area is 467 Å². The van der Waals surface area contributed by atoms with Gasteiger partial charge >= 0.3 is 0 Å². The van der Waals surface area contributed by atoms with E-state index in [0.717, 1.165) is 34.0 Å². The van der Waals surface area contributed by atoms with Crippen LogP contribution in [-0.4, -0.2) is 10.6 Å². The highest BCUT2D eigenvalue weighted by Crippen LogP contribution is 2.65. The summed E-state index contributed by atoms with van der Waals surface area (Å²) in [6.45, 7) is 4.83. The zero-order chi connectivity index (χ0) is 53.1. The van der Waals surface area contributed by atoms with Crippen LogP contribution >= 0.6 is 0 Å². The van der Waals surface area contributed by atoms with Crippen molar-refractivity contribution in [1.82, 2.24) is 4.57 Å². The highest BCUT2D eigenvalue weighted by atomic mass is 15.4. The summed E-state index contributed by atoms with van der Waals surface area (Å²) < 4.78 is 2.46. The molecule has 0 N–H and O–H groups in total. The minimum atomic E-state index is -1.03. The van der Waals surface area contributed by atoms with Crippen LogP contribution in [0.25, 0.3) is 60.9 Å². The van der Waals surface area contributed by atoms with E-state index in [0.29, 0.717) is 0 Å². The second-order valence-electron chi connectivity index (χ2n) is 22.4. The number of fused-ring (bicyclic) bond motifs is 6. The van der Waals surface area contributed by atoms with Crippen LogP contribution in [0.5, 0.6) is 0 Å². The average Bonchev–Trinajstić information content (AvgIpc) is 4.34. The SMILES string of the molecule is CC1(C)c2cccc3c2-c2c1cccc2C3(N(C1=CC2C(C=C1)c1ccccc1N2c1ccccc1)c1ccc(-c2ccccc2)cc1)N(c1ccc(-c2ccccc2)cc1)c1ccc2c3ccccc3n(-c3ccccc3)c2c1. The molecule has 80 heavy (non-hydrogen) atoms. The first-order chi connectivity index (χ1) is 39.5. The molecule has 380 valence electrons. The maximum Gasteiger partial charge on any atom is 0.176 e. The van der Waals surface area contributed by atoms with Gasteiger partial charge in [-0.15, -0.1) is 0 Å². The standard InChI is InChI=1S/C76H56N4/c1-75(2)65-31-19-33-67-73(65)74-66(75)32-20-34-68(74)76(67,79(57-41-37-53(38-42-57)51-21-7-3-8-22-51)59-45-47-63-61-29-15-17-35-69(61)77(71(63)49-59)55-25-11-5-12-26-55)80(58-43-39-54(40-44-58)52-23-9-4-10-24-52)60-46-48-64-62-30-16-18-36-70(62)78(72(64)50-60)56-27-13-6-14-28-56/h3-50,63,71H,1-2H3. The van der Waals surface area contributed by atoms with Crippen LogP contribution in [0.3, 0.4) is 0 Å². The molecule has 0 bridgehead atoms. The predicted octanol–water partition coefficient (Wildman–Crippen LogP) is 19.0. The molecular formula is C76H56N4. The van der Waals surface area contributed by atoms with E-state index >= 15 is 0 Å². The number of para-hydroxylation sites is 4. The van der Waals surface area contributed by atoms with Crippen molar-refractivity contribution in [1.29, 1.82) is 0 Å². The lowest BCUT2D eigenvalue weighted by atomic mass is 9.78. The molecule has 0 radical (unpaired) electrons. The molecule has 0 saturated carbocycles. The molecule has 16 rings (SSSR count). The molecule has 0 amide bonds. The third kappa shape index (κ3) is 6.69. The molecule has 1 aliphatic heterocycles. The first-order valence-corrected chi connectivity index (χ1v) is 28.1. The van der Waals surface area contributed by atoms with Crippen molar-refractivity contribution in [2.24, 2.45) is 0 Å². The second-order valence-corrected chi connectivity index (χ2v) is 22.4. The topological polar surface area (TPSA) is 14.7 Å². The summed E-state index contributed by atoms with van der Waals surface area (Å²) >= 11 is 0. The summed E-state index contributed by atoms with van der Waals surface area (Å²) in [5, 5.41) is 2.43. The molecule has 2 heterocycles. The summed E-state index contributed by atoms with van der Waals surface area (Å²) in [5.41, 5.74) is 22.9. The fourth-order valence-corrected chi connectivity index (χ4v) is 14.4. The van der Waals surface area contributed by atoms with Crippen LogP contribution in [0.15, 0.2) is 297 Å². The van der Waals surface area contributed by atoms with Crippen LogP contribution in [0.2, 0.25) is 0 Å². The lowest BCUT2D eigenvalue weighted by molar-refractivity contribution is 0.523. The van der Waals surface area contributed by atoms with Gasteiger partial charge in [0.1, 0.15) is 0 Å². The Morgan fingerprint density at radius 2 is 0.875 bits per heavy atom. The van der Waals surface area contributed by atoms with Crippen LogP contribution in [0, 0.1) is 0 Å². The van der Waals surface area contributed by atoms with E-state index in [1.54, 1.807) is 0 Å². The molecule has 1 aromatic heterocycles. The molecule has 2 unspecified atom stereocenters. The van der Waals surface area contributed by atoms with E-state index in [1.807, 2.05) is 0 Å². The minimum Gasteiger partial charge on any atom is -0.333 e. The van der Waals surface area contributed by atoms with Gasteiger partial charge < -0.3 is 19.3 Å². The molecule has 4 nitrogen and oxygen atoms in total. The molecule has 0 fully saturated rings. The van der Waals surface area contributed by atoms with Gasteiger partial charge in [-0.1, -0.05) is 220 Å². The monoisotopic (exact) mass is 1020 g/mol. The first-order valence-electron chi connectivity index (χ1n) is 28.1. The smallest absolute Gasteiger partial charge is 0.176 e. The van der Waals surface area contributed by atoms with Gasteiger partial charge in [0.25, 0.3) is 0 Å². The summed E-state index contributed by atoms with van der Waals surface area (Å²) in [5.74, 6) is 0.137. The van der Waals surface area contributed by atoms with Crippen molar-refractivity contribution in [2.75, 3.05) is 14.7 Å². The Kier molecular flexibility index (Phi) is 10.3. The zero-order valence-corrected chi connectivity index (χ0v) is 44.7. The van der Waals surface area contributed by atoms with Crippen LogP contribution < -0.4 is 14.7 Å². The second kappa shape index (κ2) is 17.8. The van der Waals surface area contributed by atoms with Crippen molar-refractivity contribution in [3.05, 3.63) is 325 Å². The van der Waals surface area contributed by atoms with Crippen molar-refractivity contribution in [2.45, 2.75) is 36.9 Å². The van der Waals surface area contributed by atoms with Crippen LogP contribution in [-0.2, 0) is 11.1 Å². The number of benzene rings is 11. The predicted molar refractivity (Wildman–Crippen MR) is 333 cm³/mol. The molecule has 4 heteroatoms. The normalized spacial score (nSPS) is 16.6. The van der Waals surface area contributed by atoms with E-state index in [2.05, 4.69) is 324 Å². The van der Waals surface area contributed by atoms with Gasteiger partial charge in [0, 0.05) is 73.1 Å². The van der Waals surface area contributed by atoms with E-state index in [-0.39, 0.29) is 17.4 Å². The Morgan fingerprint density at radius 3 is 1.50 bits per heavy atom. The van der Waals surface area contributed by atoms with E-state index < -0.39 is 5.66 Å². The fraction of sp³-hybridized carbons (Fsp3) is 0.0789. The molecule has 11 aromatic carbocycles. The molecule has 12 aromatic rings.